The standard InChI is InChI=1S/C18H24IN3O2/c1-3-4-9-24-10-5-8-21-18(23)15(12-20)13-22-17-7-6-16(19)11-14(17)2/h6-7,11,13,22H,3-5,8-10H2,1-2H3,(H,21,23)/b15-13-. The van der Waals surface area contributed by atoms with Gasteiger partial charge in [-0.25, -0.2) is 0 Å². The topological polar surface area (TPSA) is 74.1 Å². The van der Waals surface area contributed by atoms with Gasteiger partial charge in [-0.2, -0.15) is 5.26 Å². The largest absolute Gasteiger partial charge is 0.381 e. The zero-order valence-electron chi connectivity index (χ0n) is 14.2. The van der Waals surface area contributed by atoms with Crippen LogP contribution in [0.25, 0.3) is 0 Å². The van der Waals surface area contributed by atoms with Gasteiger partial charge in [-0.15, -0.1) is 0 Å². The second kappa shape index (κ2) is 11.9. The summed E-state index contributed by atoms with van der Waals surface area (Å²) in [6.07, 6.45) is 4.34. The van der Waals surface area contributed by atoms with Crippen LogP contribution in [0.15, 0.2) is 30.0 Å². The van der Waals surface area contributed by atoms with E-state index < -0.39 is 0 Å². The van der Waals surface area contributed by atoms with Gasteiger partial charge in [0, 0.05) is 35.2 Å². The van der Waals surface area contributed by atoms with Crippen molar-refractivity contribution in [1.82, 2.24) is 5.32 Å². The Labute approximate surface area is 157 Å². The van der Waals surface area contributed by atoms with Gasteiger partial charge in [0.1, 0.15) is 11.6 Å². The molecule has 0 unspecified atom stereocenters. The van der Waals surface area contributed by atoms with E-state index in [-0.39, 0.29) is 11.5 Å². The molecule has 5 nitrogen and oxygen atoms in total. The van der Waals surface area contributed by atoms with Gasteiger partial charge in [-0.1, -0.05) is 13.3 Å². The first-order chi connectivity index (χ1) is 11.6. The van der Waals surface area contributed by atoms with E-state index in [2.05, 4.69) is 40.1 Å². The summed E-state index contributed by atoms with van der Waals surface area (Å²) in [5.74, 6) is -0.373. The number of hydrogen-bond donors (Lipinski definition) is 2. The maximum atomic E-state index is 12.0. The molecule has 0 saturated carbocycles. The molecule has 2 N–H and O–H groups in total. The maximum Gasteiger partial charge on any atom is 0.263 e. The van der Waals surface area contributed by atoms with Crippen molar-refractivity contribution in [3.8, 4) is 6.07 Å². The highest BCUT2D eigenvalue weighted by molar-refractivity contribution is 14.1. The first kappa shape index (κ1) is 20.5. The van der Waals surface area contributed by atoms with Gasteiger partial charge in [0.25, 0.3) is 5.91 Å². The number of rotatable bonds is 10. The number of unbranched alkanes of at least 4 members (excludes halogenated alkanes) is 1. The fourth-order valence-electron chi connectivity index (χ4n) is 1.91. The van der Waals surface area contributed by atoms with E-state index in [0.717, 1.165) is 40.7 Å². The second-order valence-corrected chi connectivity index (χ2v) is 6.59. The molecule has 1 amide bonds. The molecule has 0 aliphatic carbocycles. The molecule has 0 radical (unpaired) electrons. The average Bonchev–Trinajstić information content (AvgIpc) is 2.56. The third-order valence-electron chi connectivity index (χ3n) is 3.32. The summed E-state index contributed by atoms with van der Waals surface area (Å²) in [4.78, 5) is 12.0. The molecule has 1 aromatic rings. The SMILES string of the molecule is CCCCOCCCNC(=O)/C(C#N)=C\Nc1ccc(I)cc1C. The van der Waals surface area contributed by atoms with Crippen molar-refractivity contribution in [2.45, 2.75) is 33.1 Å². The third-order valence-corrected chi connectivity index (χ3v) is 3.99. The monoisotopic (exact) mass is 441 g/mol. The lowest BCUT2D eigenvalue weighted by molar-refractivity contribution is -0.117. The van der Waals surface area contributed by atoms with E-state index in [4.69, 9.17) is 10.00 Å². The third kappa shape index (κ3) is 7.79. The first-order valence-electron chi connectivity index (χ1n) is 8.07. The molecule has 0 aromatic heterocycles. The van der Waals surface area contributed by atoms with Gasteiger partial charge in [0.15, 0.2) is 0 Å². The Bertz CT molecular complexity index is 609. The predicted molar refractivity (Wildman–Crippen MR) is 105 cm³/mol. The smallest absolute Gasteiger partial charge is 0.263 e. The minimum Gasteiger partial charge on any atom is -0.381 e. The number of anilines is 1. The number of hydrogen-bond acceptors (Lipinski definition) is 4. The zero-order valence-corrected chi connectivity index (χ0v) is 16.4. The molecular formula is C18H24IN3O2. The van der Waals surface area contributed by atoms with Crippen molar-refractivity contribution in [1.29, 1.82) is 5.26 Å². The molecule has 1 rings (SSSR count). The molecular weight excluding hydrogens is 417 g/mol. The van der Waals surface area contributed by atoms with E-state index in [1.807, 2.05) is 31.2 Å². The van der Waals surface area contributed by atoms with Crippen LogP contribution in [0.2, 0.25) is 0 Å². The van der Waals surface area contributed by atoms with Crippen molar-refractivity contribution in [2.24, 2.45) is 0 Å². The number of nitrogens with zero attached hydrogens (tertiary/aromatic N) is 1. The molecule has 24 heavy (non-hydrogen) atoms. The Kier molecular flexibility index (Phi) is 10.1. The number of benzene rings is 1. The second-order valence-electron chi connectivity index (χ2n) is 5.35. The van der Waals surface area contributed by atoms with Gasteiger partial charge in [0.05, 0.1) is 0 Å². The highest BCUT2D eigenvalue weighted by Crippen LogP contribution is 2.17. The fourth-order valence-corrected chi connectivity index (χ4v) is 2.55. The van der Waals surface area contributed by atoms with E-state index in [1.54, 1.807) is 0 Å². The van der Waals surface area contributed by atoms with Crippen LogP contribution in [0.4, 0.5) is 5.69 Å². The molecule has 6 heteroatoms. The van der Waals surface area contributed by atoms with Crippen LogP contribution in [-0.4, -0.2) is 25.7 Å². The number of halogens is 1. The van der Waals surface area contributed by atoms with Crippen molar-refractivity contribution >= 4 is 34.2 Å². The van der Waals surface area contributed by atoms with Gasteiger partial charge < -0.3 is 15.4 Å². The highest BCUT2D eigenvalue weighted by Gasteiger charge is 2.08. The summed E-state index contributed by atoms with van der Waals surface area (Å²) in [5.41, 5.74) is 1.99. The number of amides is 1. The molecule has 0 heterocycles. The van der Waals surface area contributed by atoms with Crippen LogP contribution in [0.5, 0.6) is 0 Å². The van der Waals surface area contributed by atoms with Crippen molar-refractivity contribution < 1.29 is 9.53 Å². The van der Waals surface area contributed by atoms with Crippen LogP contribution < -0.4 is 10.6 Å². The van der Waals surface area contributed by atoms with Crippen LogP contribution in [0.3, 0.4) is 0 Å². The Morgan fingerprint density at radius 1 is 1.38 bits per heavy atom. The summed E-state index contributed by atoms with van der Waals surface area (Å²) in [5, 5.41) is 14.9. The van der Waals surface area contributed by atoms with Crippen LogP contribution in [0.1, 0.15) is 31.7 Å². The molecule has 0 bridgehead atoms. The lowest BCUT2D eigenvalue weighted by Crippen LogP contribution is -2.26. The van der Waals surface area contributed by atoms with Gasteiger partial charge in [-0.3, -0.25) is 4.79 Å². The number of ether oxygens (including phenoxy) is 1. The predicted octanol–water partition coefficient (Wildman–Crippen LogP) is 3.74. The molecule has 0 saturated heterocycles. The summed E-state index contributed by atoms with van der Waals surface area (Å²) in [7, 11) is 0. The Morgan fingerprint density at radius 3 is 2.79 bits per heavy atom. The lowest BCUT2D eigenvalue weighted by Gasteiger charge is -2.08. The van der Waals surface area contributed by atoms with E-state index in [1.165, 1.54) is 6.20 Å². The van der Waals surface area contributed by atoms with Gasteiger partial charge >= 0.3 is 0 Å². The summed E-state index contributed by atoms with van der Waals surface area (Å²) >= 11 is 2.24. The number of nitriles is 1. The summed E-state index contributed by atoms with van der Waals surface area (Å²) < 4.78 is 6.56. The number of carbonyl (C=O) groups excluding carboxylic acids is 1. The molecule has 0 spiro atoms. The van der Waals surface area contributed by atoms with Crippen molar-refractivity contribution in [3.63, 3.8) is 0 Å². The molecule has 0 fully saturated rings. The van der Waals surface area contributed by atoms with Gasteiger partial charge in [0.2, 0.25) is 0 Å². The molecule has 0 atom stereocenters. The lowest BCUT2D eigenvalue weighted by atomic mass is 10.2. The van der Waals surface area contributed by atoms with Crippen LogP contribution >= 0.6 is 22.6 Å². The van der Waals surface area contributed by atoms with Crippen LogP contribution in [0, 0.1) is 21.8 Å². The summed E-state index contributed by atoms with van der Waals surface area (Å²) in [6.45, 7) is 5.96. The van der Waals surface area contributed by atoms with E-state index in [9.17, 15) is 4.79 Å². The Hall–Kier alpha value is -1.59. The highest BCUT2D eigenvalue weighted by atomic mass is 127. The van der Waals surface area contributed by atoms with Gasteiger partial charge in [-0.05, 0) is 66.1 Å². The molecule has 0 aliphatic rings. The van der Waals surface area contributed by atoms with E-state index >= 15 is 0 Å². The first-order valence-corrected chi connectivity index (χ1v) is 9.15. The minimum absolute atomic E-state index is 0.0554. The molecule has 1 aromatic carbocycles. The maximum absolute atomic E-state index is 12.0. The van der Waals surface area contributed by atoms with E-state index in [0.29, 0.717) is 13.2 Å². The normalized spacial score (nSPS) is 11.0. The number of aryl methyl sites for hydroxylation is 1. The number of nitrogens with one attached hydrogen (secondary N) is 2. The van der Waals surface area contributed by atoms with Crippen molar-refractivity contribution in [3.05, 3.63) is 39.1 Å². The molecule has 130 valence electrons. The number of carbonyl (C=O) groups is 1. The van der Waals surface area contributed by atoms with Crippen molar-refractivity contribution in [2.75, 3.05) is 25.1 Å². The minimum atomic E-state index is -0.373. The fraction of sp³-hybridized carbons (Fsp3) is 0.444. The zero-order chi connectivity index (χ0) is 17.8. The Morgan fingerprint density at radius 2 is 2.12 bits per heavy atom. The average molecular weight is 441 g/mol. The Balaban J connectivity index is 2.41. The molecule has 0 aliphatic heterocycles. The summed E-state index contributed by atoms with van der Waals surface area (Å²) in [6, 6.07) is 7.85. The quantitative estimate of drug-likeness (QED) is 0.251. The van der Waals surface area contributed by atoms with Crippen LogP contribution in [-0.2, 0) is 9.53 Å².